The van der Waals surface area contributed by atoms with Gasteiger partial charge in [0.2, 0.25) is 0 Å². The van der Waals surface area contributed by atoms with E-state index in [-0.39, 0.29) is 35.5 Å². The number of halogens is 1. The van der Waals surface area contributed by atoms with Crippen LogP contribution in [0.3, 0.4) is 0 Å². The molecule has 0 spiro atoms. The Labute approximate surface area is 131 Å². The highest BCUT2D eigenvalue weighted by atomic mass is 127. The molecule has 4 nitrogen and oxygen atoms in total. The molecule has 0 aromatic carbocycles. The molecule has 2 fully saturated rings. The first kappa shape index (κ1) is 16.4. The third-order valence-corrected chi connectivity index (χ3v) is 4.96. The van der Waals surface area contributed by atoms with Crippen molar-refractivity contribution in [3.63, 3.8) is 0 Å². The lowest BCUT2D eigenvalue weighted by Crippen LogP contribution is -2.55. The molecule has 0 unspecified atom stereocenters. The highest BCUT2D eigenvalue weighted by Gasteiger charge is 2.38. The van der Waals surface area contributed by atoms with Crippen LogP contribution >= 0.6 is 35.7 Å². The van der Waals surface area contributed by atoms with Crippen LogP contribution in [0.5, 0.6) is 0 Å². The van der Waals surface area contributed by atoms with Gasteiger partial charge in [0, 0.05) is 30.1 Å². The van der Waals surface area contributed by atoms with Crippen molar-refractivity contribution in [1.29, 1.82) is 0 Å². The Balaban J connectivity index is 0.00000162. The summed E-state index contributed by atoms with van der Waals surface area (Å²) in [5.74, 6) is 2.74. The average Bonchev–Trinajstić information content (AvgIpc) is 2.39. The monoisotopic (exact) mass is 384 g/mol. The molecule has 0 radical (unpaired) electrons. The lowest BCUT2D eigenvalue weighted by Gasteiger charge is -2.47. The van der Waals surface area contributed by atoms with Crippen molar-refractivity contribution in [2.45, 2.75) is 37.6 Å². The van der Waals surface area contributed by atoms with Gasteiger partial charge in [-0.25, -0.2) is 0 Å². The number of nitrogens with two attached hydrogens (primary N) is 2. The second-order valence-corrected chi connectivity index (χ2v) is 6.35. The summed E-state index contributed by atoms with van der Waals surface area (Å²) in [4.78, 5) is 6.97. The number of hydrogen-bond acceptors (Lipinski definition) is 3. The largest absolute Gasteiger partial charge is 0.370 e. The van der Waals surface area contributed by atoms with Crippen molar-refractivity contribution in [3.8, 4) is 0 Å². The van der Waals surface area contributed by atoms with E-state index < -0.39 is 0 Å². The molecule has 1 heterocycles. The Morgan fingerprint density at radius 1 is 1.11 bits per heavy atom. The molecule has 2 aliphatic rings. The lowest BCUT2D eigenvalue weighted by molar-refractivity contribution is 0.0673. The maximum atomic E-state index is 5.50. The van der Waals surface area contributed by atoms with Crippen molar-refractivity contribution >= 4 is 41.7 Å². The van der Waals surface area contributed by atoms with Crippen LogP contribution in [0.4, 0.5) is 0 Å². The zero-order valence-electron chi connectivity index (χ0n) is 10.9. The van der Waals surface area contributed by atoms with Gasteiger partial charge < -0.3 is 11.5 Å². The highest BCUT2D eigenvalue weighted by molar-refractivity contribution is 14.0. The fraction of sp³-hybridized carbons (Fsp3) is 0.917. The minimum atomic E-state index is 0. The van der Waals surface area contributed by atoms with Gasteiger partial charge in [-0.3, -0.25) is 9.89 Å². The summed E-state index contributed by atoms with van der Waals surface area (Å²) in [6.45, 7) is 3.19. The molecule has 1 saturated carbocycles. The standard InChI is InChI=1S/C12H24N4S.HI/c13-11(14)15-10-12(4-2-1-3-5-12)16-6-8-17-9-7-16;/h1-10H2,(H4,13,14,15);1H. The Morgan fingerprint density at radius 2 is 1.72 bits per heavy atom. The summed E-state index contributed by atoms with van der Waals surface area (Å²) in [5, 5.41) is 0. The predicted octanol–water partition coefficient (Wildman–Crippen LogP) is 1.63. The van der Waals surface area contributed by atoms with E-state index in [1.807, 2.05) is 0 Å². The van der Waals surface area contributed by atoms with E-state index in [2.05, 4.69) is 21.7 Å². The first-order valence-electron chi connectivity index (χ1n) is 6.61. The van der Waals surface area contributed by atoms with Gasteiger partial charge in [-0.05, 0) is 12.8 Å². The molecule has 0 aromatic rings. The van der Waals surface area contributed by atoms with Crippen molar-refractivity contribution in [2.75, 3.05) is 31.1 Å². The van der Waals surface area contributed by atoms with Crippen LogP contribution in [-0.4, -0.2) is 47.5 Å². The number of aliphatic imine (C=N–C) groups is 1. The first-order valence-corrected chi connectivity index (χ1v) is 7.77. The smallest absolute Gasteiger partial charge is 0.185 e. The summed E-state index contributed by atoms with van der Waals surface area (Å²) >= 11 is 2.06. The van der Waals surface area contributed by atoms with E-state index in [1.54, 1.807) is 0 Å². The average molecular weight is 384 g/mol. The Kier molecular flexibility index (Phi) is 7.08. The minimum absolute atomic E-state index is 0. The molecular weight excluding hydrogens is 359 g/mol. The zero-order valence-corrected chi connectivity index (χ0v) is 14.1. The summed E-state index contributed by atoms with van der Waals surface area (Å²) in [6, 6.07) is 0. The Morgan fingerprint density at radius 3 is 2.28 bits per heavy atom. The molecule has 0 atom stereocenters. The molecule has 6 heteroatoms. The number of nitrogens with zero attached hydrogens (tertiary/aromatic N) is 2. The SMILES string of the molecule is I.NC(N)=NCC1(N2CCSCC2)CCCCC1. The van der Waals surface area contributed by atoms with E-state index in [0.717, 1.165) is 6.54 Å². The molecule has 1 aliphatic carbocycles. The predicted molar refractivity (Wildman–Crippen MR) is 90.8 cm³/mol. The van der Waals surface area contributed by atoms with Gasteiger partial charge in [0.15, 0.2) is 5.96 Å². The van der Waals surface area contributed by atoms with Crippen molar-refractivity contribution in [1.82, 2.24) is 4.90 Å². The highest BCUT2D eigenvalue weighted by Crippen LogP contribution is 2.35. The third kappa shape index (κ3) is 4.16. The van der Waals surface area contributed by atoms with E-state index in [0.29, 0.717) is 0 Å². The Bertz CT molecular complexity index is 269. The molecule has 1 aliphatic heterocycles. The molecule has 0 amide bonds. The van der Waals surface area contributed by atoms with Gasteiger partial charge in [-0.2, -0.15) is 11.8 Å². The minimum Gasteiger partial charge on any atom is -0.370 e. The number of hydrogen-bond donors (Lipinski definition) is 2. The third-order valence-electron chi connectivity index (χ3n) is 4.02. The van der Waals surface area contributed by atoms with Gasteiger partial charge >= 0.3 is 0 Å². The summed E-state index contributed by atoms with van der Waals surface area (Å²) in [5.41, 5.74) is 11.3. The molecule has 2 rings (SSSR count). The summed E-state index contributed by atoms with van der Waals surface area (Å²) in [6.07, 6.45) is 6.53. The normalized spacial score (nSPS) is 24.0. The molecule has 1 saturated heterocycles. The van der Waals surface area contributed by atoms with Crippen LogP contribution in [0.15, 0.2) is 4.99 Å². The van der Waals surface area contributed by atoms with E-state index in [1.165, 1.54) is 56.7 Å². The number of rotatable bonds is 3. The van der Waals surface area contributed by atoms with Crippen LogP contribution in [0, 0.1) is 0 Å². The van der Waals surface area contributed by atoms with Gasteiger partial charge in [0.25, 0.3) is 0 Å². The maximum Gasteiger partial charge on any atom is 0.185 e. The topological polar surface area (TPSA) is 67.6 Å². The second kappa shape index (κ2) is 7.79. The van der Waals surface area contributed by atoms with Crippen LogP contribution in [0.1, 0.15) is 32.1 Å². The van der Waals surface area contributed by atoms with E-state index in [9.17, 15) is 0 Å². The van der Waals surface area contributed by atoms with Crippen LogP contribution in [-0.2, 0) is 0 Å². The van der Waals surface area contributed by atoms with Crippen molar-refractivity contribution in [3.05, 3.63) is 0 Å². The summed E-state index contributed by atoms with van der Waals surface area (Å²) in [7, 11) is 0. The van der Waals surface area contributed by atoms with Crippen LogP contribution < -0.4 is 11.5 Å². The molecule has 4 N–H and O–H groups in total. The van der Waals surface area contributed by atoms with E-state index >= 15 is 0 Å². The zero-order chi connectivity index (χ0) is 12.1. The molecular formula is C12H25IN4S. The van der Waals surface area contributed by atoms with Crippen LogP contribution in [0.2, 0.25) is 0 Å². The van der Waals surface area contributed by atoms with Crippen LogP contribution in [0.25, 0.3) is 0 Å². The van der Waals surface area contributed by atoms with Gasteiger partial charge in [0.05, 0.1) is 6.54 Å². The van der Waals surface area contributed by atoms with E-state index in [4.69, 9.17) is 11.5 Å². The number of guanidine groups is 1. The van der Waals surface area contributed by atoms with Gasteiger partial charge in [-0.1, -0.05) is 19.3 Å². The second-order valence-electron chi connectivity index (χ2n) is 5.13. The summed E-state index contributed by atoms with van der Waals surface area (Å²) < 4.78 is 0. The molecule has 0 bridgehead atoms. The molecule has 18 heavy (non-hydrogen) atoms. The lowest BCUT2D eigenvalue weighted by atomic mass is 9.80. The molecule has 0 aromatic heterocycles. The fourth-order valence-corrected chi connectivity index (χ4v) is 3.96. The molecule has 106 valence electrons. The van der Waals surface area contributed by atoms with Crippen molar-refractivity contribution < 1.29 is 0 Å². The maximum absolute atomic E-state index is 5.50. The Hall–Kier alpha value is 0.310. The van der Waals surface area contributed by atoms with Gasteiger partial charge in [0.1, 0.15) is 0 Å². The van der Waals surface area contributed by atoms with Crippen molar-refractivity contribution in [2.24, 2.45) is 16.5 Å². The fourth-order valence-electron chi connectivity index (χ4n) is 3.06. The number of thioether (sulfide) groups is 1. The first-order chi connectivity index (χ1) is 8.23. The quantitative estimate of drug-likeness (QED) is 0.441. The van der Waals surface area contributed by atoms with Gasteiger partial charge in [-0.15, -0.1) is 24.0 Å².